The zero-order valence-corrected chi connectivity index (χ0v) is 17.4. The van der Waals surface area contributed by atoms with E-state index in [1.807, 2.05) is 36.4 Å². The summed E-state index contributed by atoms with van der Waals surface area (Å²) in [5, 5.41) is 5.59. The van der Waals surface area contributed by atoms with E-state index in [2.05, 4.69) is 10.6 Å². The largest absolute Gasteiger partial charge is 0.497 e. The third-order valence-corrected chi connectivity index (χ3v) is 4.39. The van der Waals surface area contributed by atoms with Crippen LogP contribution < -0.4 is 15.4 Å². The molecule has 2 N–H and O–H groups in total. The summed E-state index contributed by atoms with van der Waals surface area (Å²) < 4.78 is 10.2. The lowest BCUT2D eigenvalue weighted by Gasteiger charge is -2.19. The fourth-order valence-corrected chi connectivity index (χ4v) is 2.92. The van der Waals surface area contributed by atoms with E-state index in [4.69, 9.17) is 9.47 Å². The minimum atomic E-state index is -0.549. The molecule has 2 aromatic carbocycles. The molecule has 0 saturated heterocycles. The van der Waals surface area contributed by atoms with Crippen LogP contribution in [0, 0.1) is 0 Å². The Labute approximate surface area is 176 Å². The highest BCUT2D eigenvalue weighted by Crippen LogP contribution is 2.22. The molecule has 0 heterocycles. The number of esters is 1. The molecule has 160 valence electrons. The van der Waals surface area contributed by atoms with Crippen molar-refractivity contribution in [3.05, 3.63) is 65.7 Å². The van der Waals surface area contributed by atoms with Gasteiger partial charge >= 0.3 is 5.97 Å². The Balaban J connectivity index is 1.89. The molecular formula is C23H28N2O5. The van der Waals surface area contributed by atoms with Gasteiger partial charge in [0.1, 0.15) is 5.75 Å². The number of benzene rings is 2. The Morgan fingerprint density at radius 3 is 2.47 bits per heavy atom. The van der Waals surface area contributed by atoms with Gasteiger partial charge in [0, 0.05) is 13.0 Å². The number of amides is 2. The predicted molar refractivity (Wildman–Crippen MR) is 113 cm³/mol. The molecule has 2 amide bonds. The Kier molecular flexibility index (Phi) is 9.37. The van der Waals surface area contributed by atoms with Gasteiger partial charge in [0.2, 0.25) is 11.8 Å². The normalized spacial score (nSPS) is 11.3. The molecule has 0 fully saturated rings. The maximum absolute atomic E-state index is 12.4. The summed E-state index contributed by atoms with van der Waals surface area (Å²) in [5.41, 5.74) is 1.65. The predicted octanol–water partition coefficient (Wildman–Crippen LogP) is 2.55. The maximum atomic E-state index is 12.4. The van der Waals surface area contributed by atoms with Crippen LogP contribution in [0.3, 0.4) is 0 Å². The third kappa shape index (κ3) is 7.95. The fraction of sp³-hybridized carbons (Fsp3) is 0.348. The third-order valence-electron chi connectivity index (χ3n) is 4.39. The van der Waals surface area contributed by atoms with Gasteiger partial charge in [-0.25, -0.2) is 0 Å². The molecule has 0 bridgehead atoms. The van der Waals surface area contributed by atoms with E-state index in [9.17, 15) is 14.4 Å². The molecule has 0 aliphatic rings. The van der Waals surface area contributed by atoms with Crippen molar-refractivity contribution in [1.29, 1.82) is 0 Å². The summed E-state index contributed by atoms with van der Waals surface area (Å²) in [5.74, 6) is -0.192. The smallest absolute Gasteiger partial charge is 0.308 e. The van der Waals surface area contributed by atoms with Gasteiger partial charge in [-0.1, -0.05) is 42.5 Å². The topological polar surface area (TPSA) is 93.7 Å². The first-order chi connectivity index (χ1) is 14.5. The Morgan fingerprint density at radius 1 is 1.00 bits per heavy atom. The lowest BCUT2D eigenvalue weighted by atomic mass is 10.0. The molecule has 0 spiro atoms. The second-order valence-corrected chi connectivity index (χ2v) is 6.67. The van der Waals surface area contributed by atoms with Crippen molar-refractivity contribution in [3.63, 3.8) is 0 Å². The SMILES string of the molecule is CCOC(=O)CC(NC(=O)CCNC(=O)Cc1ccccc1)c1cccc(OC)c1. The van der Waals surface area contributed by atoms with Crippen molar-refractivity contribution in [2.45, 2.75) is 32.2 Å². The minimum absolute atomic E-state index is 0.00706. The number of hydrogen-bond donors (Lipinski definition) is 2. The molecule has 2 aromatic rings. The zero-order chi connectivity index (χ0) is 21.8. The number of hydrogen-bond acceptors (Lipinski definition) is 5. The average Bonchev–Trinajstić information content (AvgIpc) is 2.74. The number of carbonyl (C=O) groups excluding carboxylic acids is 3. The van der Waals surface area contributed by atoms with Crippen LogP contribution in [-0.2, 0) is 25.5 Å². The van der Waals surface area contributed by atoms with E-state index in [1.54, 1.807) is 32.2 Å². The van der Waals surface area contributed by atoms with E-state index in [-0.39, 0.29) is 44.2 Å². The molecule has 1 atom stereocenters. The van der Waals surface area contributed by atoms with Crippen molar-refractivity contribution >= 4 is 17.8 Å². The Bertz CT molecular complexity index is 838. The summed E-state index contributed by atoms with van der Waals surface area (Å²) in [6.45, 7) is 2.21. The van der Waals surface area contributed by atoms with E-state index < -0.39 is 12.0 Å². The summed E-state index contributed by atoms with van der Waals surface area (Å²) in [6.07, 6.45) is 0.370. The van der Waals surface area contributed by atoms with Gasteiger partial charge in [-0.2, -0.15) is 0 Å². The van der Waals surface area contributed by atoms with Crippen LogP contribution in [-0.4, -0.2) is 38.0 Å². The number of ether oxygens (including phenoxy) is 2. The number of methoxy groups -OCH3 is 1. The van der Waals surface area contributed by atoms with Gasteiger partial charge in [0.25, 0.3) is 0 Å². The monoisotopic (exact) mass is 412 g/mol. The van der Waals surface area contributed by atoms with E-state index in [0.29, 0.717) is 5.75 Å². The van der Waals surface area contributed by atoms with Crippen LogP contribution in [0.1, 0.15) is 36.9 Å². The first-order valence-electron chi connectivity index (χ1n) is 9.91. The first kappa shape index (κ1) is 22.9. The van der Waals surface area contributed by atoms with Crippen LogP contribution >= 0.6 is 0 Å². The Morgan fingerprint density at radius 2 is 1.77 bits per heavy atom. The van der Waals surface area contributed by atoms with Gasteiger partial charge < -0.3 is 20.1 Å². The summed E-state index contributed by atoms with van der Waals surface area (Å²) >= 11 is 0. The molecule has 2 rings (SSSR count). The minimum Gasteiger partial charge on any atom is -0.497 e. The zero-order valence-electron chi connectivity index (χ0n) is 17.4. The first-order valence-corrected chi connectivity index (χ1v) is 9.91. The van der Waals surface area contributed by atoms with Crippen molar-refractivity contribution < 1.29 is 23.9 Å². The van der Waals surface area contributed by atoms with Gasteiger partial charge in [-0.3, -0.25) is 14.4 Å². The van der Waals surface area contributed by atoms with E-state index in [1.165, 1.54) is 0 Å². The highest BCUT2D eigenvalue weighted by atomic mass is 16.5. The van der Waals surface area contributed by atoms with Crippen molar-refractivity contribution in [3.8, 4) is 5.75 Å². The standard InChI is InChI=1S/C23H28N2O5/c1-3-30-23(28)16-20(18-10-7-11-19(15-18)29-2)25-21(26)12-13-24-22(27)14-17-8-5-4-6-9-17/h4-11,15,20H,3,12-14,16H2,1-2H3,(H,24,27)(H,25,26). The lowest BCUT2D eigenvalue weighted by molar-refractivity contribution is -0.143. The van der Waals surface area contributed by atoms with Crippen LogP contribution in [0.4, 0.5) is 0 Å². The van der Waals surface area contributed by atoms with Crippen molar-refractivity contribution in [2.24, 2.45) is 0 Å². The van der Waals surface area contributed by atoms with Gasteiger partial charge in [-0.15, -0.1) is 0 Å². The number of rotatable bonds is 11. The van der Waals surface area contributed by atoms with Crippen LogP contribution in [0.2, 0.25) is 0 Å². The number of carbonyl (C=O) groups is 3. The summed E-state index contributed by atoms with van der Waals surface area (Å²) in [4.78, 5) is 36.4. The summed E-state index contributed by atoms with van der Waals surface area (Å²) in [7, 11) is 1.55. The Hall–Kier alpha value is -3.35. The highest BCUT2D eigenvalue weighted by Gasteiger charge is 2.20. The molecule has 7 heteroatoms. The molecular weight excluding hydrogens is 384 g/mol. The van der Waals surface area contributed by atoms with Crippen molar-refractivity contribution in [2.75, 3.05) is 20.3 Å². The van der Waals surface area contributed by atoms with Gasteiger partial charge in [0.05, 0.1) is 32.6 Å². The van der Waals surface area contributed by atoms with Crippen molar-refractivity contribution in [1.82, 2.24) is 10.6 Å². The molecule has 1 unspecified atom stereocenters. The average molecular weight is 412 g/mol. The second-order valence-electron chi connectivity index (χ2n) is 6.67. The molecule has 0 radical (unpaired) electrons. The second kappa shape index (κ2) is 12.3. The van der Waals surface area contributed by atoms with E-state index >= 15 is 0 Å². The van der Waals surface area contributed by atoms with Crippen LogP contribution in [0.5, 0.6) is 5.75 Å². The maximum Gasteiger partial charge on any atom is 0.308 e. The van der Waals surface area contributed by atoms with E-state index in [0.717, 1.165) is 11.1 Å². The van der Waals surface area contributed by atoms with Crippen LogP contribution in [0.15, 0.2) is 54.6 Å². The quantitative estimate of drug-likeness (QED) is 0.553. The fourth-order valence-electron chi connectivity index (χ4n) is 2.92. The van der Waals surface area contributed by atoms with Gasteiger partial charge in [0.15, 0.2) is 0 Å². The number of nitrogens with one attached hydrogen (secondary N) is 2. The summed E-state index contributed by atoms with van der Waals surface area (Å²) in [6, 6.07) is 16.0. The lowest BCUT2D eigenvalue weighted by Crippen LogP contribution is -2.34. The molecule has 30 heavy (non-hydrogen) atoms. The molecule has 0 aliphatic carbocycles. The highest BCUT2D eigenvalue weighted by molar-refractivity contribution is 5.81. The molecule has 0 saturated carbocycles. The molecule has 7 nitrogen and oxygen atoms in total. The van der Waals surface area contributed by atoms with Gasteiger partial charge in [-0.05, 0) is 30.2 Å². The van der Waals surface area contributed by atoms with Crippen LogP contribution in [0.25, 0.3) is 0 Å². The molecule has 0 aromatic heterocycles. The molecule has 0 aliphatic heterocycles.